The second-order valence-electron chi connectivity index (χ2n) is 3.96. The summed E-state index contributed by atoms with van der Waals surface area (Å²) in [5.41, 5.74) is 0. The Labute approximate surface area is 106 Å². The van der Waals surface area contributed by atoms with Gasteiger partial charge in [0, 0.05) is 18.8 Å². The molecule has 1 aliphatic rings. The second kappa shape index (κ2) is 8.36. The molecule has 2 N–H and O–H groups in total. The molecular formula is C11H20N2O3S. The lowest BCUT2D eigenvalue weighted by atomic mass is 9.99. The fraction of sp³-hybridized carbons (Fsp3) is 0.818. The number of piperidine rings is 1. The highest BCUT2D eigenvalue weighted by atomic mass is 32.2. The highest BCUT2D eigenvalue weighted by Gasteiger charge is 2.19. The first-order valence-electron chi connectivity index (χ1n) is 5.87. The summed E-state index contributed by atoms with van der Waals surface area (Å²) >= 11 is 1.47. The summed E-state index contributed by atoms with van der Waals surface area (Å²) in [6.45, 7) is 2.40. The van der Waals surface area contributed by atoms with Gasteiger partial charge in [0.2, 0.25) is 5.91 Å². The number of hydrogen-bond acceptors (Lipinski definition) is 5. The van der Waals surface area contributed by atoms with Crippen LogP contribution in [0.15, 0.2) is 0 Å². The van der Waals surface area contributed by atoms with E-state index in [1.54, 1.807) is 0 Å². The third-order valence-corrected chi connectivity index (χ3v) is 3.59. The number of hydrogen-bond donors (Lipinski definition) is 2. The van der Waals surface area contributed by atoms with Gasteiger partial charge < -0.3 is 15.4 Å². The Kier molecular flexibility index (Phi) is 7.04. The van der Waals surface area contributed by atoms with E-state index in [0.29, 0.717) is 12.3 Å². The van der Waals surface area contributed by atoms with Crippen LogP contribution in [0.1, 0.15) is 12.8 Å². The van der Waals surface area contributed by atoms with Gasteiger partial charge in [0.1, 0.15) is 0 Å². The molecule has 1 heterocycles. The van der Waals surface area contributed by atoms with Gasteiger partial charge in [-0.2, -0.15) is 0 Å². The summed E-state index contributed by atoms with van der Waals surface area (Å²) < 4.78 is 4.52. The number of methoxy groups -OCH3 is 1. The van der Waals surface area contributed by atoms with Crippen molar-refractivity contribution >= 4 is 23.6 Å². The number of carbonyl (C=O) groups is 2. The molecule has 1 rings (SSSR count). The number of carbonyl (C=O) groups excluding carboxylic acids is 2. The minimum absolute atomic E-state index is 0.106. The van der Waals surface area contributed by atoms with Crippen molar-refractivity contribution in [2.45, 2.75) is 12.8 Å². The van der Waals surface area contributed by atoms with E-state index in [0.717, 1.165) is 31.7 Å². The molecule has 0 aromatic heterocycles. The van der Waals surface area contributed by atoms with E-state index in [9.17, 15) is 9.59 Å². The Balaban J connectivity index is 2.01. The van der Waals surface area contributed by atoms with Crippen LogP contribution in [0, 0.1) is 5.92 Å². The fourth-order valence-electron chi connectivity index (χ4n) is 1.68. The smallest absolute Gasteiger partial charge is 0.315 e. The molecule has 1 unspecified atom stereocenters. The predicted molar refractivity (Wildman–Crippen MR) is 67.9 cm³/mol. The van der Waals surface area contributed by atoms with E-state index in [1.165, 1.54) is 18.9 Å². The van der Waals surface area contributed by atoms with Crippen LogP contribution in [0.25, 0.3) is 0 Å². The number of rotatable bonds is 6. The Morgan fingerprint density at radius 1 is 1.53 bits per heavy atom. The lowest BCUT2D eigenvalue weighted by Crippen LogP contribution is -2.41. The zero-order valence-electron chi connectivity index (χ0n) is 10.2. The van der Waals surface area contributed by atoms with Crippen LogP contribution in [0.4, 0.5) is 0 Å². The first-order valence-corrected chi connectivity index (χ1v) is 7.02. The molecule has 6 heteroatoms. The zero-order valence-corrected chi connectivity index (χ0v) is 11.0. The Morgan fingerprint density at radius 2 is 2.35 bits per heavy atom. The van der Waals surface area contributed by atoms with E-state index in [4.69, 9.17) is 0 Å². The van der Waals surface area contributed by atoms with Crippen molar-refractivity contribution in [3.63, 3.8) is 0 Å². The lowest BCUT2D eigenvalue weighted by molar-refractivity contribution is -0.137. The third-order valence-electron chi connectivity index (χ3n) is 2.66. The molecule has 0 aromatic rings. The summed E-state index contributed by atoms with van der Waals surface area (Å²) in [5, 5.41) is 6.10. The monoisotopic (exact) mass is 260 g/mol. The standard InChI is InChI=1S/C11H20N2O3S/c1-16-10(14)8-17-6-5-13-11(15)9-3-2-4-12-7-9/h9,12H,2-8H2,1H3,(H,13,15). The normalized spacial score (nSPS) is 19.7. The predicted octanol–water partition coefficient (Wildman–Crippen LogP) is 0.00840. The molecule has 5 nitrogen and oxygen atoms in total. The lowest BCUT2D eigenvalue weighted by Gasteiger charge is -2.21. The molecule has 0 aliphatic carbocycles. The van der Waals surface area contributed by atoms with Crippen LogP contribution in [0.5, 0.6) is 0 Å². The van der Waals surface area contributed by atoms with Gasteiger partial charge in [-0.25, -0.2) is 0 Å². The van der Waals surface area contributed by atoms with Crippen LogP contribution < -0.4 is 10.6 Å². The van der Waals surface area contributed by atoms with Crippen LogP contribution in [0.2, 0.25) is 0 Å². The number of nitrogens with one attached hydrogen (secondary N) is 2. The number of thioether (sulfide) groups is 1. The topological polar surface area (TPSA) is 67.4 Å². The quantitative estimate of drug-likeness (QED) is 0.520. The van der Waals surface area contributed by atoms with Crippen molar-refractivity contribution in [1.29, 1.82) is 0 Å². The highest BCUT2D eigenvalue weighted by Crippen LogP contribution is 2.09. The van der Waals surface area contributed by atoms with Gasteiger partial charge in [-0.1, -0.05) is 0 Å². The van der Waals surface area contributed by atoms with E-state index >= 15 is 0 Å². The van der Waals surface area contributed by atoms with Gasteiger partial charge in [0.05, 0.1) is 18.8 Å². The maximum Gasteiger partial charge on any atom is 0.315 e. The Morgan fingerprint density at radius 3 is 3.00 bits per heavy atom. The van der Waals surface area contributed by atoms with Gasteiger partial charge >= 0.3 is 5.97 Å². The highest BCUT2D eigenvalue weighted by molar-refractivity contribution is 7.99. The maximum atomic E-state index is 11.7. The molecule has 0 bridgehead atoms. The van der Waals surface area contributed by atoms with Crippen molar-refractivity contribution in [2.24, 2.45) is 5.92 Å². The van der Waals surface area contributed by atoms with Crippen molar-refractivity contribution < 1.29 is 14.3 Å². The van der Waals surface area contributed by atoms with Crippen molar-refractivity contribution in [3.8, 4) is 0 Å². The molecule has 0 aromatic carbocycles. The van der Waals surface area contributed by atoms with E-state index in [1.807, 2.05) is 0 Å². The van der Waals surface area contributed by atoms with Crippen molar-refractivity contribution in [2.75, 3.05) is 38.2 Å². The number of esters is 1. The minimum Gasteiger partial charge on any atom is -0.468 e. The van der Waals surface area contributed by atoms with Crippen LogP contribution in [0.3, 0.4) is 0 Å². The van der Waals surface area contributed by atoms with Gasteiger partial charge in [-0.3, -0.25) is 9.59 Å². The molecular weight excluding hydrogens is 240 g/mol. The van der Waals surface area contributed by atoms with Gasteiger partial charge in [0.15, 0.2) is 0 Å². The second-order valence-corrected chi connectivity index (χ2v) is 5.07. The summed E-state index contributed by atoms with van der Waals surface area (Å²) in [6.07, 6.45) is 2.03. The van der Waals surface area contributed by atoms with Crippen LogP contribution >= 0.6 is 11.8 Å². The Bertz CT molecular complexity index is 255. The van der Waals surface area contributed by atoms with Crippen LogP contribution in [-0.4, -0.2) is 50.1 Å². The average Bonchev–Trinajstić information content (AvgIpc) is 2.38. The fourth-order valence-corrected chi connectivity index (χ4v) is 2.36. The third kappa shape index (κ3) is 5.93. The maximum absolute atomic E-state index is 11.7. The number of amides is 1. The van der Waals surface area contributed by atoms with Gasteiger partial charge in [-0.15, -0.1) is 11.8 Å². The molecule has 17 heavy (non-hydrogen) atoms. The summed E-state index contributed by atoms with van der Waals surface area (Å²) in [6, 6.07) is 0. The first kappa shape index (κ1) is 14.3. The molecule has 1 aliphatic heterocycles. The van der Waals surface area contributed by atoms with Crippen molar-refractivity contribution in [3.05, 3.63) is 0 Å². The van der Waals surface area contributed by atoms with Gasteiger partial charge in [-0.05, 0) is 19.4 Å². The first-order chi connectivity index (χ1) is 8.24. The molecule has 1 amide bonds. The summed E-state index contributed by atoms with van der Waals surface area (Å²) in [7, 11) is 1.38. The molecule has 98 valence electrons. The summed E-state index contributed by atoms with van der Waals surface area (Å²) in [4.78, 5) is 22.5. The molecule has 1 fully saturated rings. The molecule has 0 saturated carbocycles. The van der Waals surface area contributed by atoms with Gasteiger partial charge in [0.25, 0.3) is 0 Å². The molecule has 1 saturated heterocycles. The van der Waals surface area contributed by atoms with E-state index in [2.05, 4.69) is 15.4 Å². The van der Waals surface area contributed by atoms with E-state index in [-0.39, 0.29) is 17.8 Å². The molecule has 1 atom stereocenters. The summed E-state index contributed by atoms with van der Waals surface area (Å²) in [5.74, 6) is 1.08. The molecule has 0 radical (unpaired) electrons. The largest absolute Gasteiger partial charge is 0.468 e. The SMILES string of the molecule is COC(=O)CSCCNC(=O)C1CCCNC1. The van der Waals surface area contributed by atoms with Crippen molar-refractivity contribution in [1.82, 2.24) is 10.6 Å². The molecule has 0 spiro atoms. The minimum atomic E-state index is -0.224. The Hall–Kier alpha value is -0.750. The zero-order chi connectivity index (χ0) is 12.5. The average molecular weight is 260 g/mol. The number of ether oxygens (including phenoxy) is 1. The van der Waals surface area contributed by atoms with Crippen LogP contribution in [-0.2, 0) is 14.3 Å². The van der Waals surface area contributed by atoms with E-state index < -0.39 is 0 Å².